The van der Waals surface area contributed by atoms with Gasteiger partial charge in [-0.25, -0.2) is 0 Å². The summed E-state index contributed by atoms with van der Waals surface area (Å²) in [5, 5.41) is 10.7. The van der Waals surface area contributed by atoms with Crippen LogP contribution in [0.5, 0.6) is 5.75 Å². The summed E-state index contributed by atoms with van der Waals surface area (Å²) in [6.45, 7) is 2.83. The molecule has 1 atom stereocenters. The minimum absolute atomic E-state index is 0.220. The van der Waals surface area contributed by atoms with E-state index in [4.69, 9.17) is 4.74 Å². The van der Waals surface area contributed by atoms with Gasteiger partial charge < -0.3 is 24.6 Å². The van der Waals surface area contributed by atoms with Crippen LogP contribution in [0.1, 0.15) is 35.7 Å². The minimum atomic E-state index is -1.42. The number of ether oxygens (including phenoxy) is 1. The highest BCUT2D eigenvalue weighted by Gasteiger charge is 2.51. The lowest BCUT2D eigenvalue weighted by atomic mass is 9.85. The van der Waals surface area contributed by atoms with Crippen molar-refractivity contribution in [2.75, 3.05) is 26.7 Å². The van der Waals surface area contributed by atoms with Crippen LogP contribution in [0.15, 0.2) is 54.7 Å². The van der Waals surface area contributed by atoms with E-state index >= 15 is 0 Å². The number of H-pyrrole nitrogens is 1. The Hall–Kier alpha value is -3.81. The van der Waals surface area contributed by atoms with Crippen LogP contribution in [-0.4, -0.2) is 70.0 Å². The molecule has 0 spiro atoms. The summed E-state index contributed by atoms with van der Waals surface area (Å²) in [5.41, 5.74) is 1.05. The van der Waals surface area contributed by atoms with Gasteiger partial charge in [-0.15, -0.1) is 0 Å². The topological polar surface area (TPSA) is 103 Å². The van der Waals surface area contributed by atoms with Crippen molar-refractivity contribution in [3.05, 3.63) is 65.9 Å². The summed E-state index contributed by atoms with van der Waals surface area (Å²) in [4.78, 5) is 45.2. The molecule has 2 aromatic carbocycles. The van der Waals surface area contributed by atoms with E-state index in [1.54, 1.807) is 43.2 Å². The number of rotatable bonds is 8. The molecule has 1 aliphatic heterocycles. The van der Waals surface area contributed by atoms with E-state index in [1.165, 1.54) is 4.90 Å². The van der Waals surface area contributed by atoms with Crippen LogP contribution in [-0.2, 0) is 16.0 Å². The first-order valence-corrected chi connectivity index (χ1v) is 11.4. The maximum absolute atomic E-state index is 13.7. The van der Waals surface area contributed by atoms with Crippen LogP contribution in [0, 0.1) is 0 Å². The lowest BCUT2D eigenvalue weighted by molar-refractivity contribution is -0.156. The molecule has 1 aliphatic rings. The van der Waals surface area contributed by atoms with Crippen molar-refractivity contribution >= 4 is 28.7 Å². The Morgan fingerprint density at radius 1 is 1.15 bits per heavy atom. The number of carboxylic acids is 1. The number of nitrogens with zero attached hydrogens (tertiary/aromatic N) is 2. The quantitative estimate of drug-likeness (QED) is 0.533. The van der Waals surface area contributed by atoms with Gasteiger partial charge in [0.15, 0.2) is 0 Å². The highest BCUT2D eigenvalue weighted by atomic mass is 16.5. The van der Waals surface area contributed by atoms with Gasteiger partial charge in [0.2, 0.25) is 5.91 Å². The Balaban J connectivity index is 1.59. The van der Waals surface area contributed by atoms with Gasteiger partial charge in [-0.3, -0.25) is 14.4 Å². The molecule has 2 N–H and O–H groups in total. The number of amides is 2. The van der Waals surface area contributed by atoms with Gasteiger partial charge in [0.05, 0.1) is 13.5 Å². The first-order chi connectivity index (χ1) is 16.4. The van der Waals surface area contributed by atoms with E-state index < -0.39 is 17.9 Å². The predicted molar refractivity (Wildman–Crippen MR) is 128 cm³/mol. The lowest BCUT2D eigenvalue weighted by Gasteiger charge is -2.48. The lowest BCUT2D eigenvalue weighted by Crippen LogP contribution is -2.67. The van der Waals surface area contributed by atoms with Crippen molar-refractivity contribution in [3.63, 3.8) is 0 Å². The van der Waals surface area contributed by atoms with Gasteiger partial charge in [0.25, 0.3) is 5.91 Å². The van der Waals surface area contributed by atoms with E-state index in [2.05, 4.69) is 4.98 Å². The number of carbonyl (C=O) groups is 3. The molecule has 1 fully saturated rings. The molecule has 8 nitrogen and oxygen atoms in total. The molecule has 0 radical (unpaired) electrons. The van der Waals surface area contributed by atoms with Crippen LogP contribution in [0.2, 0.25) is 0 Å². The van der Waals surface area contributed by atoms with Crippen LogP contribution >= 0.6 is 0 Å². The van der Waals surface area contributed by atoms with Crippen LogP contribution in [0.3, 0.4) is 0 Å². The van der Waals surface area contributed by atoms with Crippen molar-refractivity contribution in [1.29, 1.82) is 0 Å². The van der Waals surface area contributed by atoms with E-state index in [9.17, 15) is 19.5 Å². The second-order valence-electron chi connectivity index (χ2n) is 8.55. The molecular weight excluding hydrogens is 434 g/mol. The molecule has 1 saturated heterocycles. The van der Waals surface area contributed by atoms with Crippen molar-refractivity contribution < 1.29 is 24.2 Å². The summed E-state index contributed by atoms with van der Waals surface area (Å²) in [7, 11) is 1.62. The normalized spacial score (nSPS) is 18.4. The number of hydrogen-bond acceptors (Lipinski definition) is 4. The molecule has 178 valence electrons. The third kappa shape index (κ3) is 4.23. The van der Waals surface area contributed by atoms with E-state index in [0.29, 0.717) is 25.1 Å². The van der Waals surface area contributed by atoms with Gasteiger partial charge in [-0.05, 0) is 48.7 Å². The number of carboxylic acid groups (broad SMARTS) is 1. The monoisotopic (exact) mass is 463 g/mol. The standard InChI is InChI=1S/C26H29N3O5/c1-3-26(16-23(30)31)25(33)28(13-14-29(26)24(32)18-7-5-4-6-8-18)12-11-19-17-27-22-10-9-20(34-2)15-21(19)22/h4-10,15,17,27H,3,11-14,16H2,1-2H3,(H,30,31). The maximum atomic E-state index is 13.7. The van der Waals surface area contributed by atoms with E-state index in [0.717, 1.165) is 22.2 Å². The number of piperazine rings is 1. The molecule has 3 aromatic rings. The summed E-state index contributed by atoms with van der Waals surface area (Å²) >= 11 is 0. The number of aliphatic carboxylic acids is 1. The Morgan fingerprint density at radius 2 is 1.91 bits per heavy atom. The highest BCUT2D eigenvalue weighted by molar-refractivity contribution is 6.01. The molecule has 1 unspecified atom stereocenters. The zero-order chi connectivity index (χ0) is 24.3. The van der Waals surface area contributed by atoms with E-state index in [-0.39, 0.29) is 24.8 Å². The third-order valence-electron chi connectivity index (χ3n) is 6.72. The SMILES string of the molecule is CCC1(CC(=O)O)C(=O)N(CCc2c[nH]c3ccc(OC)cc23)CCN1C(=O)c1ccccc1. The third-order valence-corrected chi connectivity index (χ3v) is 6.72. The minimum Gasteiger partial charge on any atom is -0.497 e. The van der Waals surface area contributed by atoms with Gasteiger partial charge in [-0.2, -0.15) is 0 Å². The number of hydrogen-bond donors (Lipinski definition) is 2. The number of aromatic amines is 1. The fourth-order valence-corrected chi connectivity index (χ4v) is 4.83. The second kappa shape index (κ2) is 9.59. The van der Waals surface area contributed by atoms with Gasteiger partial charge in [0.1, 0.15) is 11.3 Å². The summed E-state index contributed by atoms with van der Waals surface area (Å²) in [6, 6.07) is 14.5. The summed E-state index contributed by atoms with van der Waals surface area (Å²) in [5.74, 6) is -0.985. The molecular formula is C26H29N3O5. The van der Waals surface area contributed by atoms with Crippen molar-refractivity contribution in [2.24, 2.45) is 0 Å². The number of fused-ring (bicyclic) bond motifs is 1. The van der Waals surface area contributed by atoms with Crippen molar-refractivity contribution in [2.45, 2.75) is 31.7 Å². The number of methoxy groups -OCH3 is 1. The Labute approximate surface area is 198 Å². The molecule has 0 bridgehead atoms. The average Bonchev–Trinajstić information content (AvgIpc) is 3.26. The van der Waals surface area contributed by atoms with Crippen molar-refractivity contribution in [1.82, 2.24) is 14.8 Å². The summed E-state index contributed by atoms with van der Waals surface area (Å²) in [6.07, 6.45) is 2.31. The smallest absolute Gasteiger partial charge is 0.306 e. The molecule has 0 saturated carbocycles. The Kier molecular flexibility index (Phi) is 6.58. The van der Waals surface area contributed by atoms with E-state index in [1.807, 2.05) is 30.5 Å². The number of aromatic nitrogens is 1. The Morgan fingerprint density at radius 3 is 2.59 bits per heavy atom. The zero-order valence-corrected chi connectivity index (χ0v) is 19.4. The molecule has 34 heavy (non-hydrogen) atoms. The van der Waals surface area contributed by atoms with Crippen LogP contribution in [0.4, 0.5) is 0 Å². The average molecular weight is 464 g/mol. The fraction of sp³-hybridized carbons (Fsp3) is 0.346. The first-order valence-electron chi connectivity index (χ1n) is 11.4. The molecule has 0 aliphatic carbocycles. The van der Waals surface area contributed by atoms with Crippen LogP contribution < -0.4 is 4.74 Å². The second-order valence-corrected chi connectivity index (χ2v) is 8.55. The largest absolute Gasteiger partial charge is 0.497 e. The maximum Gasteiger partial charge on any atom is 0.306 e. The molecule has 2 heterocycles. The summed E-state index contributed by atoms with van der Waals surface area (Å²) < 4.78 is 5.34. The van der Waals surface area contributed by atoms with Gasteiger partial charge in [-0.1, -0.05) is 25.1 Å². The molecule has 1 aromatic heterocycles. The predicted octanol–water partition coefficient (Wildman–Crippen LogP) is 3.33. The number of nitrogens with one attached hydrogen (secondary N) is 1. The van der Waals surface area contributed by atoms with Crippen molar-refractivity contribution in [3.8, 4) is 5.75 Å². The van der Waals surface area contributed by atoms with Crippen LogP contribution in [0.25, 0.3) is 10.9 Å². The van der Waals surface area contributed by atoms with Gasteiger partial charge in [0, 0.05) is 42.3 Å². The Bertz CT molecular complexity index is 1210. The molecule has 8 heteroatoms. The zero-order valence-electron chi connectivity index (χ0n) is 19.4. The molecule has 2 amide bonds. The highest BCUT2D eigenvalue weighted by Crippen LogP contribution is 2.32. The molecule has 4 rings (SSSR count). The fourth-order valence-electron chi connectivity index (χ4n) is 4.83. The van der Waals surface area contributed by atoms with Gasteiger partial charge >= 0.3 is 5.97 Å². The number of carbonyl (C=O) groups excluding carboxylic acids is 2. The first kappa shape index (κ1) is 23.4. The number of benzene rings is 2.